The van der Waals surface area contributed by atoms with Gasteiger partial charge in [-0.25, -0.2) is 0 Å². The van der Waals surface area contributed by atoms with Gasteiger partial charge in [-0.2, -0.15) is 0 Å². The van der Waals surface area contributed by atoms with E-state index in [0.29, 0.717) is 18.1 Å². The van der Waals surface area contributed by atoms with Gasteiger partial charge in [-0.1, -0.05) is 0 Å². The van der Waals surface area contributed by atoms with Gasteiger partial charge in [0.15, 0.2) is 5.69 Å². The van der Waals surface area contributed by atoms with Crippen molar-refractivity contribution in [3.63, 3.8) is 0 Å². The van der Waals surface area contributed by atoms with Crippen molar-refractivity contribution in [3.05, 3.63) is 17.8 Å². The normalized spacial score (nSPS) is 19.3. The van der Waals surface area contributed by atoms with Crippen LogP contribution < -0.4 is 10.6 Å². The van der Waals surface area contributed by atoms with Crippen molar-refractivity contribution < 1.29 is 9.53 Å². The summed E-state index contributed by atoms with van der Waals surface area (Å²) in [4.78, 5) is 11.8. The summed E-state index contributed by atoms with van der Waals surface area (Å²) in [7, 11) is 1.75. The minimum atomic E-state index is -0.209. The molecule has 2 N–H and O–H groups in total. The van der Waals surface area contributed by atoms with E-state index in [0.717, 1.165) is 25.9 Å². The van der Waals surface area contributed by atoms with E-state index < -0.39 is 0 Å². The van der Waals surface area contributed by atoms with Gasteiger partial charge in [0.1, 0.15) is 5.82 Å². The molecule has 18 heavy (non-hydrogen) atoms. The molecule has 2 rings (SSSR count). The van der Waals surface area contributed by atoms with Gasteiger partial charge in [-0.3, -0.25) is 4.79 Å². The van der Waals surface area contributed by atoms with Crippen LogP contribution in [0.15, 0.2) is 12.1 Å². The molecule has 1 aromatic heterocycles. The maximum Gasteiger partial charge on any atom is 0.271 e. The molecule has 0 saturated carbocycles. The molecule has 2 heterocycles. The first kappa shape index (κ1) is 12.8. The summed E-state index contributed by atoms with van der Waals surface area (Å²) in [6.07, 6.45) is 3.41. The molecule has 0 aromatic carbocycles. The monoisotopic (exact) mass is 250 g/mol. The zero-order valence-corrected chi connectivity index (χ0v) is 10.5. The zero-order chi connectivity index (χ0) is 12.8. The average molecular weight is 250 g/mol. The molecule has 6 nitrogen and oxygen atoms in total. The molecule has 0 aliphatic carbocycles. The van der Waals surface area contributed by atoms with Crippen molar-refractivity contribution in [1.82, 2.24) is 15.5 Å². The van der Waals surface area contributed by atoms with Crippen LogP contribution in [0.25, 0.3) is 0 Å². The van der Waals surface area contributed by atoms with Crippen LogP contribution >= 0.6 is 0 Å². The van der Waals surface area contributed by atoms with Gasteiger partial charge in [0, 0.05) is 20.2 Å². The van der Waals surface area contributed by atoms with Crippen LogP contribution in [0.5, 0.6) is 0 Å². The van der Waals surface area contributed by atoms with Gasteiger partial charge in [0.05, 0.1) is 6.10 Å². The number of nitrogens with one attached hydrogen (secondary N) is 2. The number of carbonyl (C=O) groups is 1. The number of aromatic nitrogens is 2. The van der Waals surface area contributed by atoms with Gasteiger partial charge in [-0.05, 0) is 31.4 Å². The van der Waals surface area contributed by atoms with E-state index in [1.807, 2.05) is 0 Å². The summed E-state index contributed by atoms with van der Waals surface area (Å²) in [5.74, 6) is 0.432. The number of hydrogen-bond donors (Lipinski definition) is 2. The minimum Gasteiger partial charge on any atom is -0.376 e. The lowest BCUT2D eigenvalue weighted by Gasteiger charge is -2.22. The van der Waals surface area contributed by atoms with E-state index in [2.05, 4.69) is 20.8 Å². The van der Waals surface area contributed by atoms with Gasteiger partial charge in [0.25, 0.3) is 5.91 Å². The molecule has 0 radical (unpaired) electrons. The molecule has 1 unspecified atom stereocenters. The highest BCUT2D eigenvalue weighted by Gasteiger charge is 2.15. The Morgan fingerprint density at radius 3 is 2.94 bits per heavy atom. The van der Waals surface area contributed by atoms with Gasteiger partial charge >= 0.3 is 0 Å². The summed E-state index contributed by atoms with van der Waals surface area (Å²) in [6, 6.07) is 3.37. The van der Waals surface area contributed by atoms with Gasteiger partial charge in [0.2, 0.25) is 0 Å². The smallest absolute Gasteiger partial charge is 0.271 e. The highest BCUT2D eigenvalue weighted by molar-refractivity contribution is 5.92. The molecule has 0 bridgehead atoms. The first-order valence-corrected chi connectivity index (χ1v) is 6.21. The zero-order valence-electron chi connectivity index (χ0n) is 10.5. The fourth-order valence-electron chi connectivity index (χ4n) is 1.85. The van der Waals surface area contributed by atoms with Crippen molar-refractivity contribution in [3.8, 4) is 0 Å². The molecular formula is C12H18N4O2. The Kier molecular flexibility index (Phi) is 4.46. The van der Waals surface area contributed by atoms with Crippen LogP contribution in [-0.4, -0.2) is 42.4 Å². The second-order valence-corrected chi connectivity index (χ2v) is 4.25. The Labute approximate surface area is 106 Å². The highest BCUT2D eigenvalue weighted by Crippen LogP contribution is 2.11. The van der Waals surface area contributed by atoms with Crippen molar-refractivity contribution in [2.24, 2.45) is 0 Å². The number of anilines is 1. The van der Waals surface area contributed by atoms with E-state index in [-0.39, 0.29) is 12.0 Å². The Morgan fingerprint density at radius 2 is 2.33 bits per heavy atom. The summed E-state index contributed by atoms with van der Waals surface area (Å²) in [5, 5.41) is 13.4. The van der Waals surface area contributed by atoms with Crippen LogP contribution in [-0.2, 0) is 4.74 Å². The van der Waals surface area contributed by atoms with Crippen molar-refractivity contribution in [2.75, 3.05) is 25.5 Å². The first-order valence-electron chi connectivity index (χ1n) is 6.21. The molecule has 0 spiro atoms. The molecule has 1 fully saturated rings. The third kappa shape index (κ3) is 3.40. The van der Waals surface area contributed by atoms with Crippen LogP contribution in [0.3, 0.4) is 0 Å². The lowest BCUT2D eigenvalue weighted by Crippen LogP contribution is -2.35. The molecule has 1 aliphatic heterocycles. The van der Waals surface area contributed by atoms with Gasteiger partial charge in [-0.15, -0.1) is 10.2 Å². The standard InChI is InChI=1S/C12H18N4O2/c1-13-11-6-5-10(15-16-11)12(17)14-8-9-4-2-3-7-18-9/h5-6,9H,2-4,7-8H2,1H3,(H,13,16)(H,14,17). The number of ether oxygens (including phenoxy) is 1. The minimum absolute atomic E-state index is 0.132. The molecule has 1 aromatic rings. The quantitative estimate of drug-likeness (QED) is 0.827. The number of hydrogen-bond acceptors (Lipinski definition) is 5. The maximum atomic E-state index is 11.8. The largest absolute Gasteiger partial charge is 0.376 e. The summed E-state index contributed by atoms with van der Waals surface area (Å²) < 4.78 is 5.54. The second kappa shape index (κ2) is 6.30. The summed E-state index contributed by atoms with van der Waals surface area (Å²) >= 11 is 0. The van der Waals surface area contributed by atoms with E-state index >= 15 is 0 Å². The van der Waals surface area contributed by atoms with Crippen LogP contribution in [0.4, 0.5) is 5.82 Å². The predicted octanol–water partition coefficient (Wildman–Crippen LogP) is 0.817. The number of carbonyl (C=O) groups excluding carboxylic acids is 1. The second-order valence-electron chi connectivity index (χ2n) is 4.25. The number of amides is 1. The Morgan fingerprint density at radius 1 is 1.44 bits per heavy atom. The Balaban J connectivity index is 1.82. The van der Waals surface area contributed by atoms with Crippen molar-refractivity contribution in [2.45, 2.75) is 25.4 Å². The predicted molar refractivity (Wildman–Crippen MR) is 67.5 cm³/mol. The van der Waals surface area contributed by atoms with Crippen LogP contribution in [0.2, 0.25) is 0 Å². The third-order valence-electron chi connectivity index (χ3n) is 2.92. The third-order valence-corrected chi connectivity index (χ3v) is 2.92. The van der Waals surface area contributed by atoms with E-state index in [1.165, 1.54) is 0 Å². The number of nitrogens with zero attached hydrogens (tertiary/aromatic N) is 2. The lowest BCUT2D eigenvalue weighted by atomic mass is 10.1. The fraction of sp³-hybridized carbons (Fsp3) is 0.583. The fourth-order valence-corrected chi connectivity index (χ4v) is 1.85. The Hall–Kier alpha value is -1.69. The molecule has 6 heteroatoms. The average Bonchev–Trinajstić information content (AvgIpc) is 2.46. The van der Waals surface area contributed by atoms with E-state index in [9.17, 15) is 4.79 Å². The lowest BCUT2D eigenvalue weighted by molar-refractivity contribution is 0.0168. The van der Waals surface area contributed by atoms with E-state index in [4.69, 9.17) is 4.74 Å². The SMILES string of the molecule is CNc1ccc(C(=O)NCC2CCCCO2)nn1. The van der Waals surface area contributed by atoms with Crippen molar-refractivity contribution in [1.29, 1.82) is 0 Å². The van der Waals surface area contributed by atoms with E-state index in [1.54, 1.807) is 19.2 Å². The molecular weight excluding hydrogens is 232 g/mol. The summed E-state index contributed by atoms with van der Waals surface area (Å²) in [6.45, 7) is 1.32. The van der Waals surface area contributed by atoms with Gasteiger partial charge < -0.3 is 15.4 Å². The maximum absolute atomic E-state index is 11.8. The molecule has 1 saturated heterocycles. The van der Waals surface area contributed by atoms with Crippen LogP contribution in [0, 0.1) is 0 Å². The summed E-state index contributed by atoms with van der Waals surface area (Å²) in [5.41, 5.74) is 0.324. The number of rotatable bonds is 4. The van der Waals surface area contributed by atoms with Crippen molar-refractivity contribution >= 4 is 11.7 Å². The van der Waals surface area contributed by atoms with Crippen LogP contribution in [0.1, 0.15) is 29.8 Å². The molecule has 1 aliphatic rings. The Bertz CT molecular complexity index is 388. The topological polar surface area (TPSA) is 76.1 Å². The molecule has 1 atom stereocenters. The molecule has 98 valence electrons. The first-order chi connectivity index (χ1) is 8.79. The highest BCUT2D eigenvalue weighted by atomic mass is 16.5. The molecule has 1 amide bonds.